The Kier molecular flexibility index (Phi) is 5.88. The van der Waals surface area contributed by atoms with E-state index in [9.17, 15) is 4.79 Å². The molecule has 1 atom stereocenters. The largest absolute Gasteiger partial charge is 0.353 e. The molecule has 1 N–H and O–H groups in total. The van der Waals surface area contributed by atoms with Crippen LogP contribution in [0.25, 0.3) is 5.78 Å². The number of thioether (sulfide) groups is 1. The third-order valence-corrected chi connectivity index (χ3v) is 5.04. The van der Waals surface area contributed by atoms with Gasteiger partial charge in [-0.05, 0) is 45.2 Å². The molecule has 6 nitrogen and oxygen atoms in total. The van der Waals surface area contributed by atoms with Gasteiger partial charge in [0.15, 0.2) is 5.16 Å². The van der Waals surface area contributed by atoms with Crippen molar-refractivity contribution in [2.24, 2.45) is 0 Å². The van der Waals surface area contributed by atoms with Crippen molar-refractivity contribution in [1.82, 2.24) is 24.9 Å². The molecule has 0 saturated carbocycles. The fraction of sp³-hybridized carbons (Fsp3) is 0.368. The van der Waals surface area contributed by atoms with Crippen molar-refractivity contribution in [1.29, 1.82) is 0 Å². The van der Waals surface area contributed by atoms with E-state index >= 15 is 0 Å². The number of benzene rings is 1. The summed E-state index contributed by atoms with van der Waals surface area (Å²) < 4.78 is 1.88. The van der Waals surface area contributed by atoms with Crippen LogP contribution in [0.1, 0.15) is 30.3 Å². The molecule has 0 fully saturated rings. The molecule has 2 heterocycles. The molecule has 0 aliphatic carbocycles. The van der Waals surface area contributed by atoms with Gasteiger partial charge in [-0.1, -0.05) is 42.1 Å². The second-order valence-corrected chi connectivity index (χ2v) is 7.38. The highest BCUT2D eigenvalue weighted by atomic mass is 32.2. The van der Waals surface area contributed by atoms with Gasteiger partial charge >= 0.3 is 0 Å². The van der Waals surface area contributed by atoms with Crippen LogP contribution in [-0.4, -0.2) is 37.3 Å². The molecular formula is C19H23N5OS. The molecule has 136 valence electrons. The lowest BCUT2D eigenvalue weighted by molar-refractivity contribution is -0.119. The van der Waals surface area contributed by atoms with Gasteiger partial charge in [0, 0.05) is 17.4 Å². The number of aryl methyl sites for hydroxylation is 3. The van der Waals surface area contributed by atoms with Gasteiger partial charge in [0.2, 0.25) is 5.91 Å². The van der Waals surface area contributed by atoms with Crippen molar-refractivity contribution >= 4 is 23.4 Å². The molecular weight excluding hydrogens is 346 g/mol. The first-order valence-corrected chi connectivity index (χ1v) is 9.67. The highest BCUT2D eigenvalue weighted by Crippen LogP contribution is 2.18. The minimum absolute atomic E-state index is 0.00466. The molecule has 1 amide bonds. The Morgan fingerprint density at radius 1 is 1.23 bits per heavy atom. The Morgan fingerprint density at radius 2 is 2.00 bits per heavy atom. The fourth-order valence-corrected chi connectivity index (χ4v) is 3.64. The van der Waals surface area contributed by atoms with Gasteiger partial charge in [-0.25, -0.2) is 4.98 Å². The van der Waals surface area contributed by atoms with E-state index in [2.05, 4.69) is 32.6 Å². The van der Waals surface area contributed by atoms with E-state index < -0.39 is 0 Å². The number of fused-ring (bicyclic) bond motifs is 1. The van der Waals surface area contributed by atoms with Gasteiger partial charge in [-0.2, -0.15) is 0 Å². The number of nitrogens with zero attached hydrogens (tertiary/aromatic N) is 4. The predicted molar refractivity (Wildman–Crippen MR) is 103 cm³/mol. The molecule has 1 aromatic carbocycles. The number of carbonyl (C=O) groups excluding carboxylic acids is 1. The Hall–Kier alpha value is -2.41. The topological polar surface area (TPSA) is 72.2 Å². The smallest absolute Gasteiger partial charge is 0.256 e. The number of hydrogen-bond donors (Lipinski definition) is 1. The molecule has 0 bridgehead atoms. The predicted octanol–water partition coefficient (Wildman–Crippen LogP) is 2.97. The van der Waals surface area contributed by atoms with E-state index in [0.717, 1.165) is 24.2 Å². The van der Waals surface area contributed by atoms with Crippen molar-refractivity contribution in [2.45, 2.75) is 44.8 Å². The molecule has 0 aliphatic rings. The number of hydrogen-bond acceptors (Lipinski definition) is 5. The molecule has 0 aliphatic heterocycles. The van der Waals surface area contributed by atoms with E-state index in [1.54, 1.807) is 0 Å². The van der Waals surface area contributed by atoms with Crippen LogP contribution in [0.2, 0.25) is 0 Å². The quantitative estimate of drug-likeness (QED) is 0.648. The molecule has 26 heavy (non-hydrogen) atoms. The molecule has 3 aromatic rings. The zero-order valence-electron chi connectivity index (χ0n) is 15.3. The van der Waals surface area contributed by atoms with Crippen LogP contribution in [-0.2, 0) is 11.2 Å². The molecule has 0 spiro atoms. The maximum absolute atomic E-state index is 12.2. The summed E-state index contributed by atoms with van der Waals surface area (Å²) in [7, 11) is 0. The summed E-state index contributed by atoms with van der Waals surface area (Å²) in [5, 5.41) is 12.0. The third-order valence-electron chi connectivity index (χ3n) is 4.11. The highest BCUT2D eigenvalue weighted by Gasteiger charge is 2.13. The lowest BCUT2D eigenvalue weighted by Gasteiger charge is -2.13. The zero-order chi connectivity index (χ0) is 18.5. The monoisotopic (exact) mass is 369 g/mol. The van der Waals surface area contributed by atoms with E-state index in [4.69, 9.17) is 0 Å². The normalized spacial score (nSPS) is 12.3. The van der Waals surface area contributed by atoms with Gasteiger partial charge in [0.25, 0.3) is 5.78 Å². The van der Waals surface area contributed by atoms with E-state index in [1.165, 1.54) is 17.3 Å². The van der Waals surface area contributed by atoms with Gasteiger partial charge in [-0.3, -0.25) is 9.20 Å². The molecule has 1 unspecified atom stereocenters. The van der Waals surface area contributed by atoms with Crippen LogP contribution in [0.5, 0.6) is 0 Å². The summed E-state index contributed by atoms with van der Waals surface area (Å²) in [6.07, 6.45) is 1.87. The zero-order valence-corrected chi connectivity index (χ0v) is 16.1. The van der Waals surface area contributed by atoms with Gasteiger partial charge < -0.3 is 5.32 Å². The molecule has 2 aromatic heterocycles. The first-order valence-electron chi connectivity index (χ1n) is 8.68. The molecule has 3 rings (SSSR count). The first kappa shape index (κ1) is 18.4. The van der Waals surface area contributed by atoms with Crippen LogP contribution >= 0.6 is 11.8 Å². The van der Waals surface area contributed by atoms with Crippen molar-refractivity contribution in [3.8, 4) is 0 Å². The minimum Gasteiger partial charge on any atom is -0.353 e. The van der Waals surface area contributed by atoms with Gasteiger partial charge in [0.1, 0.15) is 0 Å². The average Bonchev–Trinajstić information content (AvgIpc) is 3.02. The number of aromatic nitrogens is 4. The number of rotatable bonds is 7. The maximum Gasteiger partial charge on any atom is 0.256 e. The van der Waals surface area contributed by atoms with E-state index in [-0.39, 0.29) is 11.9 Å². The van der Waals surface area contributed by atoms with Crippen molar-refractivity contribution in [3.05, 3.63) is 53.3 Å². The SMILES string of the molecule is Cc1cc(C)n2c(SCC(=O)NC(C)CCc3ccccc3)nnc2n1. The number of carbonyl (C=O) groups is 1. The van der Waals surface area contributed by atoms with Crippen LogP contribution in [0.15, 0.2) is 41.6 Å². The summed E-state index contributed by atoms with van der Waals surface area (Å²) in [5.74, 6) is 0.885. The van der Waals surface area contributed by atoms with Crippen molar-refractivity contribution in [2.75, 3.05) is 5.75 Å². The summed E-state index contributed by atoms with van der Waals surface area (Å²) in [4.78, 5) is 16.6. The van der Waals surface area contributed by atoms with Crippen LogP contribution in [0.4, 0.5) is 0 Å². The van der Waals surface area contributed by atoms with Gasteiger partial charge in [-0.15, -0.1) is 10.2 Å². The van der Waals surface area contributed by atoms with Crippen LogP contribution in [0.3, 0.4) is 0 Å². The average molecular weight is 369 g/mol. The van der Waals surface area contributed by atoms with E-state index in [1.807, 2.05) is 49.4 Å². The summed E-state index contributed by atoms with van der Waals surface area (Å²) in [6, 6.07) is 12.4. The summed E-state index contributed by atoms with van der Waals surface area (Å²) in [6.45, 7) is 5.95. The standard InChI is InChI=1S/C19H23N5OS/c1-13(9-10-16-7-5-4-6-8-16)20-17(25)12-26-19-23-22-18-21-14(2)11-15(3)24(18)19/h4-8,11,13H,9-10,12H2,1-3H3,(H,20,25). The van der Waals surface area contributed by atoms with Crippen LogP contribution in [0, 0.1) is 13.8 Å². The number of amides is 1. The highest BCUT2D eigenvalue weighted by molar-refractivity contribution is 7.99. The summed E-state index contributed by atoms with van der Waals surface area (Å²) >= 11 is 1.38. The second kappa shape index (κ2) is 8.31. The number of nitrogens with one attached hydrogen (secondary N) is 1. The maximum atomic E-state index is 12.2. The van der Waals surface area contributed by atoms with Crippen molar-refractivity contribution < 1.29 is 4.79 Å². The lowest BCUT2D eigenvalue weighted by atomic mass is 10.1. The lowest BCUT2D eigenvalue weighted by Crippen LogP contribution is -2.34. The Bertz CT molecular complexity index is 894. The molecule has 0 saturated heterocycles. The van der Waals surface area contributed by atoms with Crippen molar-refractivity contribution in [3.63, 3.8) is 0 Å². The fourth-order valence-electron chi connectivity index (χ4n) is 2.84. The van der Waals surface area contributed by atoms with Gasteiger partial charge in [0.05, 0.1) is 5.75 Å². The van der Waals surface area contributed by atoms with E-state index in [0.29, 0.717) is 16.7 Å². The molecule has 0 radical (unpaired) electrons. The first-order chi connectivity index (χ1) is 12.5. The summed E-state index contributed by atoms with van der Waals surface area (Å²) in [5.41, 5.74) is 3.21. The second-order valence-electron chi connectivity index (χ2n) is 6.44. The Balaban J connectivity index is 1.51. The Labute approximate surface area is 157 Å². The Morgan fingerprint density at radius 3 is 2.77 bits per heavy atom. The minimum atomic E-state index is 0.00466. The van der Waals surface area contributed by atoms with Crippen LogP contribution < -0.4 is 5.32 Å². The third kappa shape index (κ3) is 4.60. The molecule has 7 heteroatoms.